The molecule has 0 N–H and O–H groups in total. The second-order valence-electron chi connectivity index (χ2n) is 7.30. The lowest BCUT2D eigenvalue weighted by Crippen LogP contribution is -1.99. The molecule has 1 unspecified atom stereocenters. The zero-order valence-corrected chi connectivity index (χ0v) is 15.0. The largest absolute Gasteiger partial charge is 0.497 e. The third kappa shape index (κ3) is 2.19. The topological polar surface area (TPSA) is 9.23 Å². The zero-order valence-electron chi connectivity index (χ0n) is 13.4. The van der Waals surface area contributed by atoms with E-state index in [9.17, 15) is 0 Å². The molecule has 1 aliphatic carbocycles. The van der Waals surface area contributed by atoms with Gasteiger partial charge in [0.25, 0.3) is 0 Å². The number of ether oxygens (including phenoxy) is 1. The summed E-state index contributed by atoms with van der Waals surface area (Å²) >= 11 is 3.95. The van der Waals surface area contributed by atoms with Crippen LogP contribution >= 0.6 is 15.9 Å². The van der Waals surface area contributed by atoms with Crippen LogP contribution in [-0.2, 0) is 0 Å². The van der Waals surface area contributed by atoms with Gasteiger partial charge in [-0.15, -0.1) is 0 Å². The molecule has 0 radical (unpaired) electrons. The van der Waals surface area contributed by atoms with Crippen LogP contribution in [0.2, 0.25) is 0 Å². The lowest BCUT2D eigenvalue weighted by Gasteiger charge is -2.14. The van der Waals surface area contributed by atoms with Crippen molar-refractivity contribution in [3.05, 3.63) is 42.0 Å². The standard InChI is InChI=1S/C19H23BrO/c1-18(2)17(19(18,3)4)16(20)14-7-6-13-11-15(21-5)9-8-12(13)10-14/h6-11,16-17H,1-5H3. The van der Waals surface area contributed by atoms with E-state index in [2.05, 4.69) is 74.0 Å². The summed E-state index contributed by atoms with van der Waals surface area (Å²) in [6.07, 6.45) is 0. The minimum absolute atomic E-state index is 0.385. The van der Waals surface area contributed by atoms with Crippen LogP contribution in [0.1, 0.15) is 38.1 Å². The quantitative estimate of drug-likeness (QED) is 0.622. The predicted molar refractivity (Wildman–Crippen MR) is 93.2 cm³/mol. The molecule has 2 heteroatoms. The molecule has 0 amide bonds. The number of halogens is 1. The Morgan fingerprint density at radius 2 is 1.52 bits per heavy atom. The molecule has 1 aliphatic rings. The van der Waals surface area contributed by atoms with Crippen LogP contribution in [0.5, 0.6) is 5.75 Å². The Balaban J connectivity index is 1.95. The van der Waals surface area contributed by atoms with Gasteiger partial charge in [0.05, 0.1) is 7.11 Å². The Hall–Kier alpha value is -1.02. The van der Waals surface area contributed by atoms with Gasteiger partial charge >= 0.3 is 0 Å². The third-order valence-electron chi connectivity index (χ3n) is 5.81. The van der Waals surface area contributed by atoms with Crippen molar-refractivity contribution in [2.75, 3.05) is 7.11 Å². The maximum Gasteiger partial charge on any atom is 0.119 e. The molecule has 0 aliphatic heterocycles. The molecule has 3 rings (SSSR count). The maximum absolute atomic E-state index is 5.29. The van der Waals surface area contributed by atoms with Gasteiger partial charge in [-0.3, -0.25) is 0 Å². The van der Waals surface area contributed by atoms with Crippen LogP contribution in [-0.4, -0.2) is 7.11 Å². The zero-order chi connectivity index (χ0) is 15.4. The van der Waals surface area contributed by atoms with Crippen molar-refractivity contribution in [2.45, 2.75) is 32.5 Å². The highest BCUT2D eigenvalue weighted by Gasteiger charge is 2.66. The van der Waals surface area contributed by atoms with Crippen molar-refractivity contribution >= 4 is 26.7 Å². The molecule has 1 saturated carbocycles. The Labute approximate surface area is 135 Å². The number of fused-ring (bicyclic) bond motifs is 1. The Morgan fingerprint density at radius 1 is 0.952 bits per heavy atom. The van der Waals surface area contributed by atoms with E-state index in [1.807, 2.05) is 6.07 Å². The number of benzene rings is 2. The highest BCUT2D eigenvalue weighted by molar-refractivity contribution is 9.09. The molecule has 0 saturated heterocycles. The highest BCUT2D eigenvalue weighted by Crippen LogP contribution is 2.73. The molecule has 1 nitrogen and oxygen atoms in total. The number of rotatable bonds is 3. The van der Waals surface area contributed by atoms with Gasteiger partial charge in [-0.05, 0) is 45.2 Å². The first-order valence-electron chi connectivity index (χ1n) is 7.51. The van der Waals surface area contributed by atoms with E-state index < -0.39 is 0 Å². The summed E-state index contributed by atoms with van der Waals surface area (Å²) < 4.78 is 5.29. The summed E-state index contributed by atoms with van der Waals surface area (Å²) in [7, 11) is 1.71. The number of hydrogen-bond donors (Lipinski definition) is 0. The monoisotopic (exact) mass is 346 g/mol. The molecule has 1 atom stereocenters. The van der Waals surface area contributed by atoms with Gasteiger partial charge in [-0.25, -0.2) is 0 Å². The van der Waals surface area contributed by atoms with E-state index in [1.54, 1.807) is 7.11 Å². The van der Waals surface area contributed by atoms with Gasteiger partial charge in [0.1, 0.15) is 5.75 Å². The van der Waals surface area contributed by atoms with Crippen molar-refractivity contribution in [2.24, 2.45) is 16.7 Å². The first-order valence-corrected chi connectivity index (χ1v) is 8.42. The Morgan fingerprint density at radius 3 is 2.10 bits per heavy atom. The Kier molecular flexibility index (Phi) is 3.36. The molecule has 2 aromatic rings. The molecule has 0 heterocycles. The van der Waals surface area contributed by atoms with E-state index in [0.29, 0.717) is 21.6 Å². The molecule has 0 spiro atoms. The minimum Gasteiger partial charge on any atom is -0.497 e. The SMILES string of the molecule is COc1ccc2cc(C(Br)C3C(C)(C)C3(C)C)ccc2c1. The molecular formula is C19H23BrO. The van der Waals surface area contributed by atoms with Crippen LogP contribution in [0.3, 0.4) is 0 Å². The average Bonchev–Trinajstić information content (AvgIpc) is 2.86. The second kappa shape index (κ2) is 4.74. The molecule has 21 heavy (non-hydrogen) atoms. The van der Waals surface area contributed by atoms with Gasteiger partial charge in [0, 0.05) is 4.83 Å². The summed E-state index contributed by atoms with van der Waals surface area (Å²) in [6.45, 7) is 9.49. The lowest BCUT2D eigenvalue weighted by molar-refractivity contribution is 0.415. The first-order chi connectivity index (χ1) is 9.79. The van der Waals surface area contributed by atoms with Gasteiger partial charge in [-0.1, -0.05) is 67.9 Å². The number of hydrogen-bond acceptors (Lipinski definition) is 1. The van der Waals surface area contributed by atoms with Crippen LogP contribution < -0.4 is 4.74 Å². The minimum atomic E-state index is 0.385. The van der Waals surface area contributed by atoms with Crippen molar-refractivity contribution in [3.8, 4) is 5.75 Å². The number of methoxy groups -OCH3 is 1. The van der Waals surface area contributed by atoms with Crippen molar-refractivity contribution in [1.82, 2.24) is 0 Å². The van der Waals surface area contributed by atoms with Crippen LogP contribution in [0.4, 0.5) is 0 Å². The molecule has 0 bridgehead atoms. The fraction of sp³-hybridized carbons (Fsp3) is 0.474. The maximum atomic E-state index is 5.29. The van der Waals surface area contributed by atoms with Crippen LogP contribution in [0.15, 0.2) is 36.4 Å². The van der Waals surface area contributed by atoms with Crippen molar-refractivity contribution in [1.29, 1.82) is 0 Å². The summed E-state index contributed by atoms with van der Waals surface area (Å²) in [4.78, 5) is 0.411. The van der Waals surface area contributed by atoms with E-state index in [0.717, 1.165) is 5.75 Å². The van der Waals surface area contributed by atoms with Crippen molar-refractivity contribution < 1.29 is 4.74 Å². The molecular weight excluding hydrogens is 324 g/mol. The first kappa shape index (κ1) is 14.9. The normalized spacial score (nSPS) is 21.2. The summed E-state index contributed by atoms with van der Waals surface area (Å²) in [6, 6.07) is 13.0. The summed E-state index contributed by atoms with van der Waals surface area (Å²) in [5.74, 6) is 1.58. The number of alkyl halides is 1. The van der Waals surface area contributed by atoms with Crippen LogP contribution in [0, 0.1) is 16.7 Å². The van der Waals surface area contributed by atoms with E-state index in [1.165, 1.54) is 16.3 Å². The van der Waals surface area contributed by atoms with Gasteiger partial charge in [0.2, 0.25) is 0 Å². The highest BCUT2D eigenvalue weighted by atomic mass is 79.9. The van der Waals surface area contributed by atoms with Gasteiger partial charge in [-0.2, -0.15) is 0 Å². The molecule has 112 valence electrons. The Bertz CT molecular complexity index is 673. The molecule has 1 fully saturated rings. The second-order valence-corrected chi connectivity index (χ2v) is 8.28. The predicted octanol–water partition coefficient (Wildman–Crippen LogP) is 5.97. The van der Waals surface area contributed by atoms with E-state index in [4.69, 9.17) is 4.74 Å². The average molecular weight is 347 g/mol. The lowest BCUT2D eigenvalue weighted by atomic mass is 9.99. The smallest absolute Gasteiger partial charge is 0.119 e. The van der Waals surface area contributed by atoms with Gasteiger partial charge in [0.15, 0.2) is 0 Å². The van der Waals surface area contributed by atoms with E-state index >= 15 is 0 Å². The van der Waals surface area contributed by atoms with Gasteiger partial charge < -0.3 is 4.74 Å². The molecule has 0 aromatic heterocycles. The third-order valence-corrected chi connectivity index (χ3v) is 6.87. The van der Waals surface area contributed by atoms with E-state index in [-0.39, 0.29) is 0 Å². The summed E-state index contributed by atoms with van der Waals surface area (Å²) in [5, 5.41) is 2.50. The fourth-order valence-corrected chi connectivity index (χ4v) is 5.32. The summed E-state index contributed by atoms with van der Waals surface area (Å²) in [5.41, 5.74) is 2.14. The van der Waals surface area contributed by atoms with Crippen LogP contribution in [0.25, 0.3) is 10.8 Å². The molecule has 2 aromatic carbocycles. The van der Waals surface area contributed by atoms with Crippen molar-refractivity contribution in [3.63, 3.8) is 0 Å². The fourth-order valence-electron chi connectivity index (χ4n) is 3.71.